The van der Waals surface area contributed by atoms with Crippen LogP contribution in [0.2, 0.25) is 0 Å². The van der Waals surface area contributed by atoms with Crippen molar-refractivity contribution >= 4 is 21.5 Å². The largest absolute Gasteiger partial charge is 0.497 e. The van der Waals surface area contributed by atoms with Crippen LogP contribution >= 0.6 is 0 Å². The molecule has 1 unspecified atom stereocenters. The van der Waals surface area contributed by atoms with Gasteiger partial charge in [-0.1, -0.05) is 86.6 Å². The fourth-order valence-electron chi connectivity index (χ4n) is 5.28. The Labute approximate surface area is 220 Å². The number of likely N-dealkylation sites (N-methyl/N-ethyl adjacent to an activating group) is 1. The number of hydrogen-bond acceptors (Lipinski definition) is 3. The SMILES string of the molecule is CCN(CC)CCOc1ccc(C(c2cccc(OC)c2)c2cc3ccccc3c3ccccc23)cc1. The molecule has 0 N–H and O–H groups in total. The lowest BCUT2D eigenvalue weighted by Crippen LogP contribution is -2.27. The fraction of sp³-hybridized carbons (Fsp3) is 0.235. The molecule has 0 amide bonds. The first-order chi connectivity index (χ1) is 18.2. The third-order valence-corrected chi connectivity index (χ3v) is 7.32. The lowest BCUT2D eigenvalue weighted by Gasteiger charge is -2.23. The summed E-state index contributed by atoms with van der Waals surface area (Å²) in [6, 6.07) is 36.8. The maximum absolute atomic E-state index is 6.09. The highest BCUT2D eigenvalue weighted by molar-refractivity contribution is 6.09. The van der Waals surface area contributed by atoms with Gasteiger partial charge in [0.2, 0.25) is 0 Å². The van der Waals surface area contributed by atoms with E-state index in [4.69, 9.17) is 9.47 Å². The molecule has 0 bridgehead atoms. The highest BCUT2D eigenvalue weighted by Crippen LogP contribution is 2.40. The van der Waals surface area contributed by atoms with Crippen LogP contribution in [0, 0.1) is 0 Å². The zero-order valence-corrected chi connectivity index (χ0v) is 22.0. The molecule has 0 fully saturated rings. The zero-order valence-electron chi connectivity index (χ0n) is 22.0. The molecule has 0 aliphatic heterocycles. The van der Waals surface area contributed by atoms with Crippen LogP contribution in [0.5, 0.6) is 11.5 Å². The first-order valence-electron chi connectivity index (χ1n) is 13.2. The first kappa shape index (κ1) is 24.9. The average molecular weight is 490 g/mol. The van der Waals surface area contributed by atoms with Crippen molar-refractivity contribution < 1.29 is 9.47 Å². The molecule has 5 aromatic rings. The summed E-state index contributed by atoms with van der Waals surface area (Å²) in [7, 11) is 1.73. The van der Waals surface area contributed by atoms with Crippen LogP contribution < -0.4 is 9.47 Å². The monoisotopic (exact) mass is 489 g/mol. The van der Waals surface area contributed by atoms with Gasteiger partial charge in [0, 0.05) is 12.5 Å². The molecule has 0 spiro atoms. The molecular formula is C34H35NO2. The normalized spacial score (nSPS) is 12.2. The second kappa shape index (κ2) is 11.5. The fourth-order valence-corrected chi connectivity index (χ4v) is 5.28. The summed E-state index contributed by atoms with van der Waals surface area (Å²) in [5.41, 5.74) is 3.72. The highest BCUT2D eigenvalue weighted by atomic mass is 16.5. The van der Waals surface area contributed by atoms with Crippen molar-refractivity contribution in [2.24, 2.45) is 0 Å². The molecule has 0 heterocycles. The van der Waals surface area contributed by atoms with Crippen LogP contribution in [0.4, 0.5) is 0 Å². The van der Waals surface area contributed by atoms with Crippen molar-refractivity contribution in [1.29, 1.82) is 0 Å². The van der Waals surface area contributed by atoms with Gasteiger partial charge in [0.1, 0.15) is 18.1 Å². The highest BCUT2D eigenvalue weighted by Gasteiger charge is 2.21. The Kier molecular flexibility index (Phi) is 7.72. The van der Waals surface area contributed by atoms with Crippen LogP contribution in [0.15, 0.2) is 103 Å². The lowest BCUT2D eigenvalue weighted by molar-refractivity contribution is 0.223. The van der Waals surface area contributed by atoms with E-state index in [0.29, 0.717) is 6.61 Å². The molecule has 0 aliphatic rings. The first-order valence-corrected chi connectivity index (χ1v) is 13.2. The molecule has 5 aromatic carbocycles. The van der Waals surface area contributed by atoms with Gasteiger partial charge in [-0.05, 0) is 81.7 Å². The maximum atomic E-state index is 6.09. The molecule has 0 saturated heterocycles. The number of fused-ring (bicyclic) bond motifs is 3. The molecule has 3 heteroatoms. The maximum Gasteiger partial charge on any atom is 0.119 e. The van der Waals surface area contributed by atoms with Crippen molar-refractivity contribution in [3.8, 4) is 11.5 Å². The van der Waals surface area contributed by atoms with Crippen molar-refractivity contribution in [3.63, 3.8) is 0 Å². The number of hydrogen-bond donors (Lipinski definition) is 0. The van der Waals surface area contributed by atoms with Crippen LogP contribution in [0.25, 0.3) is 21.5 Å². The van der Waals surface area contributed by atoms with E-state index in [2.05, 4.69) is 116 Å². The smallest absolute Gasteiger partial charge is 0.119 e. The van der Waals surface area contributed by atoms with Crippen LogP contribution in [-0.2, 0) is 0 Å². The number of rotatable bonds is 10. The topological polar surface area (TPSA) is 21.7 Å². The van der Waals surface area contributed by atoms with Gasteiger partial charge in [-0.2, -0.15) is 0 Å². The summed E-state index contributed by atoms with van der Waals surface area (Å²) in [5.74, 6) is 1.82. The zero-order chi connectivity index (χ0) is 25.6. The third kappa shape index (κ3) is 5.33. The Morgan fingerprint density at radius 1 is 0.649 bits per heavy atom. The van der Waals surface area contributed by atoms with E-state index >= 15 is 0 Å². The molecule has 3 nitrogen and oxygen atoms in total. The molecule has 37 heavy (non-hydrogen) atoms. The van der Waals surface area contributed by atoms with E-state index in [9.17, 15) is 0 Å². The number of benzene rings is 5. The Morgan fingerprint density at radius 2 is 1.35 bits per heavy atom. The summed E-state index contributed by atoms with van der Waals surface area (Å²) in [6.07, 6.45) is 0. The second-order valence-electron chi connectivity index (χ2n) is 9.39. The molecule has 5 rings (SSSR count). The Hall–Kier alpha value is -3.82. The summed E-state index contributed by atoms with van der Waals surface area (Å²) >= 11 is 0. The van der Waals surface area contributed by atoms with Gasteiger partial charge in [0.25, 0.3) is 0 Å². The number of nitrogens with zero attached hydrogens (tertiary/aromatic N) is 1. The van der Waals surface area contributed by atoms with Crippen molar-refractivity contribution in [2.45, 2.75) is 19.8 Å². The van der Waals surface area contributed by atoms with Gasteiger partial charge in [0.15, 0.2) is 0 Å². The van der Waals surface area contributed by atoms with Gasteiger partial charge in [-0.25, -0.2) is 0 Å². The second-order valence-corrected chi connectivity index (χ2v) is 9.39. The van der Waals surface area contributed by atoms with Gasteiger partial charge in [-0.3, -0.25) is 0 Å². The molecule has 0 aliphatic carbocycles. The van der Waals surface area contributed by atoms with Gasteiger partial charge >= 0.3 is 0 Å². The standard InChI is InChI=1S/C34H35NO2/c1-4-35(5-2)21-22-37-28-19-17-25(18-20-28)34(27-12-10-13-29(23-27)36-3)33-24-26-11-6-7-14-30(26)31-15-8-9-16-32(31)33/h6-20,23-24,34H,4-5,21-22H2,1-3H3. The molecular weight excluding hydrogens is 454 g/mol. The average Bonchev–Trinajstić information content (AvgIpc) is 2.96. The number of methoxy groups -OCH3 is 1. The van der Waals surface area contributed by atoms with Crippen LogP contribution in [0.1, 0.15) is 36.5 Å². The van der Waals surface area contributed by atoms with E-state index in [1.165, 1.54) is 38.2 Å². The predicted octanol–water partition coefficient (Wildman–Crippen LogP) is 7.90. The molecule has 1 atom stereocenters. The Morgan fingerprint density at radius 3 is 2.08 bits per heavy atom. The van der Waals surface area contributed by atoms with Gasteiger partial charge in [-0.15, -0.1) is 0 Å². The van der Waals surface area contributed by atoms with Crippen molar-refractivity contribution in [1.82, 2.24) is 4.90 Å². The number of ether oxygens (including phenoxy) is 2. The summed E-state index contributed by atoms with van der Waals surface area (Å²) in [5, 5.41) is 5.08. The Bertz CT molecular complexity index is 1470. The Balaban J connectivity index is 1.59. The molecule has 188 valence electrons. The van der Waals surface area contributed by atoms with E-state index in [-0.39, 0.29) is 5.92 Å². The minimum atomic E-state index is 0.0503. The van der Waals surface area contributed by atoms with Gasteiger partial charge < -0.3 is 14.4 Å². The predicted molar refractivity (Wildman–Crippen MR) is 155 cm³/mol. The molecule has 0 aromatic heterocycles. The van der Waals surface area contributed by atoms with Crippen molar-refractivity contribution in [2.75, 3.05) is 33.4 Å². The van der Waals surface area contributed by atoms with E-state index < -0.39 is 0 Å². The summed E-state index contributed by atoms with van der Waals surface area (Å²) in [4.78, 5) is 2.37. The van der Waals surface area contributed by atoms with E-state index in [1.807, 2.05) is 6.07 Å². The van der Waals surface area contributed by atoms with E-state index in [1.54, 1.807) is 7.11 Å². The minimum absolute atomic E-state index is 0.0503. The molecule has 0 saturated carbocycles. The van der Waals surface area contributed by atoms with E-state index in [0.717, 1.165) is 31.1 Å². The van der Waals surface area contributed by atoms with Crippen LogP contribution in [-0.4, -0.2) is 38.3 Å². The third-order valence-electron chi connectivity index (χ3n) is 7.32. The molecule has 0 radical (unpaired) electrons. The quantitative estimate of drug-likeness (QED) is 0.147. The van der Waals surface area contributed by atoms with Crippen LogP contribution in [0.3, 0.4) is 0 Å². The minimum Gasteiger partial charge on any atom is -0.497 e. The summed E-state index contributed by atoms with van der Waals surface area (Å²) < 4.78 is 11.7. The summed E-state index contributed by atoms with van der Waals surface area (Å²) in [6.45, 7) is 8.09. The van der Waals surface area contributed by atoms with Gasteiger partial charge in [0.05, 0.1) is 7.11 Å². The van der Waals surface area contributed by atoms with Crippen molar-refractivity contribution in [3.05, 3.63) is 120 Å². The lowest BCUT2D eigenvalue weighted by atomic mass is 9.81.